The topological polar surface area (TPSA) is 84.3 Å². The van der Waals surface area contributed by atoms with Gasteiger partial charge >= 0.3 is 0 Å². The van der Waals surface area contributed by atoms with Crippen molar-refractivity contribution in [3.8, 4) is 5.69 Å². The molecule has 0 aliphatic heterocycles. The fraction of sp³-hybridized carbons (Fsp3) is 0.231. The molecule has 3 aromatic rings. The van der Waals surface area contributed by atoms with Crippen LogP contribution in [0.4, 0.5) is 5.69 Å². The number of aryl methyl sites for hydroxylation is 2. The lowest BCUT2D eigenvalue weighted by Crippen LogP contribution is -2.03. The number of H-pyrrole nitrogens is 1. The molecule has 1 aromatic carbocycles. The number of tetrazole rings is 1. The second kappa shape index (κ2) is 5.12. The van der Waals surface area contributed by atoms with Crippen LogP contribution >= 0.6 is 0 Å². The predicted molar refractivity (Wildman–Crippen MR) is 74.5 cm³/mol. The van der Waals surface area contributed by atoms with Gasteiger partial charge in [0.1, 0.15) is 6.33 Å². The summed E-state index contributed by atoms with van der Waals surface area (Å²) in [5, 5.41) is 21.7. The smallest absolute Gasteiger partial charge is 0.143 e. The SMILES string of the molecule is Cc1n[nH]c(C)c1CNc1cccc(-n2cnnn2)c1. The highest BCUT2D eigenvalue weighted by Crippen LogP contribution is 2.16. The molecule has 0 saturated carbocycles. The van der Waals surface area contributed by atoms with E-state index >= 15 is 0 Å². The van der Waals surface area contributed by atoms with Crippen LogP contribution in [0, 0.1) is 13.8 Å². The number of nitrogens with zero attached hydrogens (tertiary/aromatic N) is 5. The van der Waals surface area contributed by atoms with E-state index < -0.39 is 0 Å². The lowest BCUT2D eigenvalue weighted by Gasteiger charge is -2.08. The maximum atomic E-state index is 4.19. The van der Waals surface area contributed by atoms with Crippen LogP contribution in [-0.4, -0.2) is 30.4 Å². The Labute approximate surface area is 116 Å². The fourth-order valence-electron chi connectivity index (χ4n) is 2.06. The van der Waals surface area contributed by atoms with Crippen LogP contribution in [0.2, 0.25) is 0 Å². The molecule has 2 aromatic heterocycles. The summed E-state index contributed by atoms with van der Waals surface area (Å²) in [7, 11) is 0. The molecule has 2 N–H and O–H groups in total. The quantitative estimate of drug-likeness (QED) is 0.751. The Morgan fingerprint density at radius 3 is 2.90 bits per heavy atom. The van der Waals surface area contributed by atoms with Crippen LogP contribution in [0.1, 0.15) is 17.0 Å². The predicted octanol–water partition coefficient (Wildman–Crippen LogP) is 1.61. The average Bonchev–Trinajstić information content (AvgIpc) is 3.09. The van der Waals surface area contributed by atoms with E-state index in [1.165, 1.54) is 5.56 Å². The van der Waals surface area contributed by atoms with Gasteiger partial charge in [-0.3, -0.25) is 5.10 Å². The molecule has 0 saturated heterocycles. The third kappa shape index (κ3) is 2.37. The number of rotatable bonds is 4. The molecule has 102 valence electrons. The Morgan fingerprint density at radius 1 is 1.30 bits per heavy atom. The fourth-order valence-corrected chi connectivity index (χ4v) is 2.06. The Hall–Kier alpha value is -2.70. The highest BCUT2D eigenvalue weighted by atomic mass is 15.5. The van der Waals surface area contributed by atoms with Crippen LogP contribution in [0.15, 0.2) is 30.6 Å². The van der Waals surface area contributed by atoms with Gasteiger partial charge in [-0.25, -0.2) is 4.68 Å². The molecule has 0 spiro atoms. The highest BCUT2D eigenvalue weighted by Gasteiger charge is 2.06. The first-order chi connectivity index (χ1) is 9.74. The summed E-state index contributed by atoms with van der Waals surface area (Å²) in [6, 6.07) is 7.93. The second-order valence-corrected chi connectivity index (χ2v) is 4.57. The summed E-state index contributed by atoms with van der Waals surface area (Å²) in [6.45, 7) is 4.75. The van der Waals surface area contributed by atoms with Gasteiger partial charge in [-0.05, 0) is 42.5 Å². The van der Waals surface area contributed by atoms with Crippen molar-refractivity contribution in [1.82, 2.24) is 30.4 Å². The van der Waals surface area contributed by atoms with E-state index in [-0.39, 0.29) is 0 Å². The van der Waals surface area contributed by atoms with Crippen molar-refractivity contribution >= 4 is 5.69 Å². The molecule has 0 atom stereocenters. The molecule has 0 aliphatic rings. The molecule has 7 heteroatoms. The van der Waals surface area contributed by atoms with E-state index in [0.717, 1.165) is 29.3 Å². The number of aromatic nitrogens is 6. The van der Waals surface area contributed by atoms with E-state index in [4.69, 9.17) is 0 Å². The second-order valence-electron chi connectivity index (χ2n) is 4.57. The molecule has 0 unspecified atom stereocenters. The number of nitrogens with one attached hydrogen (secondary N) is 2. The van der Waals surface area contributed by atoms with Gasteiger partial charge in [0.25, 0.3) is 0 Å². The summed E-state index contributed by atoms with van der Waals surface area (Å²) in [6.07, 6.45) is 1.57. The van der Waals surface area contributed by atoms with Gasteiger partial charge in [0.05, 0.1) is 11.4 Å². The number of hydrogen-bond donors (Lipinski definition) is 2. The minimum absolute atomic E-state index is 0.729. The highest BCUT2D eigenvalue weighted by molar-refractivity contribution is 5.51. The zero-order valence-corrected chi connectivity index (χ0v) is 11.3. The maximum Gasteiger partial charge on any atom is 0.143 e. The lowest BCUT2D eigenvalue weighted by atomic mass is 10.2. The van der Waals surface area contributed by atoms with Crippen molar-refractivity contribution in [2.45, 2.75) is 20.4 Å². The van der Waals surface area contributed by atoms with Gasteiger partial charge in [-0.1, -0.05) is 6.07 Å². The van der Waals surface area contributed by atoms with Crippen molar-refractivity contribution in [2.75, 3.05) is 5.32 Å². The standard InChI is InChI=1S/C13H15N7/c1-9-13(10(2)17-16-9)7-14-11-4-3-5-12(6-11)20-8-15-18-19-20/h3-6,8,14H,7H2,1-2H3,(H,16,17). The summed E-state index contributed by atoms with van der Waals surface area (Å²) in [5.74, 6) is 0. The summed E-state index contributed by atoms with van der Waals surface area (Å²) in [5.41, 5.74) is 5.23. The molecule has 7 nitrogen and oxygen atoms in total. The van der Waals surface area contributed by atoms with Crippen molar-refractivity contribution in [2.24, 2.45) is 0 Å². The molecule has 0 bridgehead atoms. The zero-order valence-electron chi connectivity index (χ0n) is 11.3. The molecule has 2 heterocycles. The van der Waals surface area contributed by atoms with Gasteiger partial charge in [0.15, 0.2) is 0 Å². The minimum atomic E-state index is 0.729. The van der Waals surface area contributed by atoms with E-state index in [1.807, 2.05) is 38.1 Å². The van der Waals surface area contributed by atoms with Crippen LogP contribution in [0.25, 0.3) is 5.69 Å². The zero-order chi connectivity index (χ0) is 13.9. The number of hydrogen-bond acceptors (Lipinski definition) is 5. The lowest BCUT2D eigenvalue weighted by molar-refractivity contribution is 0.789. The summed E-state index contributed by atoms with van der Waals surface area (Å²) < 4.78 is 1.62. The van der Waals surface area contributed by atoms with Crippen LogP contribution < -0.4 is 5.32 Å². The van der Waals surface area contributed by atoms with Gasteiger partial charge < -0.3 is 5.32 Å². The minimum Gasteiger partial charge on any atom is -0.381 e. The molecule has 0 aliphatic carbocycles. The normalized spacial score (nSPS) is 10.7. The molecular formula is C13H15N7. The third-order valence-electron chi connectivity index (χ3n) is 3.21. The number of benzene rings is 1. The Morgan fingerprint density at radius 2 is 2.20 bits per heavy atom. The van der Waals surface area contributed by atoms with Crippen LogP contribution in [-0.2, 0) is 6.54 Å². The number of anilines is 1. The first-order valence-electron chi connectivity index (χ1n) is 6.32. The molecule has 0 fully saturated rings. The van der Waals surface area contributed by atoms with Crippen LogP contribution in [0.5, 0.6) is 0 Å². The molecule has 3 rings (SSSR count). The van der Waals surface area contributed by atoms with Crippen LogP contribution in [0.3, 0.4) is 0 Å². The van der Waals surface area contributed by atoms with Gasteiger partial charge in [-0.15, -0.1) is 5.10 Å². The van der Waals surface area contributed by atoms with E-state index in [0.29, 0.717) is 0 Å². The average molecular weight is 269 g/mol. The first-order valence-corrected chi connectivity index (χ1v) is 6.32. The molecule has 0 radical (unpaired) electrons. The molecule has 20 heavy (non-hydrogen) atoms. The largest absolute Gasteiger partial charge is 0.381 e. The summed E-state index contributed by atoms with van der Waals surface area (Å²) >= 11 is 0. The third-order valence-corrected chi connectivity index (χ3v) is 3.21. The van der Waals surface area contributed by atoms with Crippen molar-refractivity contribution in [3.63, 3.8) is 0 Å². The Balaban J connectivity index is 1.77. The van der Waals surface area contributed by atoms with Crippen molar-refractivity contribution < 1.29 is 0 Å². The maximum absolute atomic E-state index is 4.19. The van der Waals surface area contributed by atoms with Gasteiger partial charge in [-0.2, -0.15) is 5.10 Å². The summed E-state index contributed by atoms with van der Waals surface area (Å²) in [4.78, 5) is 0. The first kappa shape index (κ1) is 12.3. The molecule has 0 amide bonds. The Bertz CT molecular complexity index is 680. The van der Waals surface area contributed by atoms with E-state index in [9.17, 15) is 0 Å². The monoisotopic (exact) mass is 269 g/mol. The van der Waals surface area contributed by atoms with Gasteiger partial charge in [0, 0.05) is 23.5 Å². The van der Waals surface area contributed by atoms with E-state index in [2.05, 4.69) is 31.0 Å². The number of aromatic amines is 1. The molecular weight excluding hydrogens is 254 g/mol. The van der Waals surface area contributed by atoms with Crippen molar-refractivity contribution in [1.29, 1.82) is 0 Å². The van der Waals surface area contributed by atoms with Crippen molar-refractivity contribution in [3.05, 3.63) is 47.5 Å². The van der Waals surface area contributed by atoms with E-state index in [1.54, 1.807) is 11.0 Å². The van der Waals surface area contributed by atoms with Gasteiger partial charge in [0.2, 0.25) is 0 Å². The Kier molecular flexibility index (Phi) is 3.16.